The van der Waals surface area contributed by atoms with Crippen molar-refractivity contribution in [1.82, 2.24) is 0 Å². The molecule has 0 saturated heterocycles. The van der Waals surface area contributed by atoms with Crippen molar-refractivity contribution in [1.29, 1.82) is 0 Å². The number of hydrogen-bond donors (Lipinski definition) is 1. The van der Waals surface area contributed by atoms with Gasteiger partial charge in [-0.15, -0.1) is 0 Å². The highest BCUT2D eigenvalue weighted by atomic mass is 16.5. The Kier molecular flexibility index (Phi) is 5.40. The number of ether oxygens (including phenoxy) is 2. The lowest BCUT2D eigenvalue weighted by Gasteiger charge is -2.19. The molecule has 3 aromatic carbocycles. The second-order valence-corrected chi connectivity index (χ2v) is 9.58. The molecule has 0 spiro atoms. The molecular formula is C29H30O4. The van der Waals surface area contributed by atoms with Gasteiger partial charge in [-0.2, -0.15) is 0 Å². The minimum absolute atomic E-state index is 0.218. The minimum Gasteiger partial charge on any atom is -0.497 e. The number of hydrogen-bond acceptors (Lipinski definition) is 3. The molecule has 0 heterocycles. The normalized spacial score (nSPS) is 22.4. The van der Waals surface area contributed by atoms with Crippen LogP contribution in [-0.2, 0) is 31.1 Å². The van der Waals surface area contributed by atoms with Crippen molar-refractivity contribution in [2.24, 2.45) is 11.8 Å². The predicted octanol–water partition coefficient (Wildman–Crippen LogP) is 5.49. The molecule has 0 bridgehead atoms. The lowest BCUT2D eigenvalue weighted by atomic mass is 9.85. The number of rotatable bonds is 8. The largest absolute Gasteiger partial charge is 0.497 e. The molecule has 33 heavy (non-hydrogen) atoms. The summed E-state index contributed by atoms with van der Waals surface area (Å²) in [6.45, 7) is 2.44. The molecule has 1 fully saturated rings. The van der Waals surface area contributed by atoms with Crippen LogP contribution in [0.5, 0.6) is 11.5 Å². The third kappa shape index (κ3) is 3.78. The molecule has 4 nitrogen and oxygen atoms in total. The first-order chi connectivity index (χ1) is 15.9. The molecule has 5 rings (SSSR count). The van der Waals surface area contributed by atoms with Crippen LogP contribution in [0.1, 0.15) is 45.1 Å². The van der Waals surface area contributed by atoms with Gasteiger partial charge in [0.05, 0.1) is 19.8 Å². The number of fused-ring (bicyclic) bond motifs is 3. The Labute approximate surface area is 195 Å². The van der Waals surface area contributed by atoms with Gasteiger partial charge in [0.15, 0.2) is 0 Å². The van der Waals surface area contributed by atoms with Crippen LogP contribution < -0.4 is 9.47 Å². The van der Waals surface area contributed by atoms with Crippen LogP contribution >= 0.6 is 0 Å². The highest BCUT2D eigenvalue weighted by Gasteiger charge is 2.65. The molecule has 0 radical (unpaired) electrons. The van der Waals surface area contributed by atoms with Crippen LogP contribution in [0.25, 0.3) is 0 Å². The summed E-state index contributed by atoms with van der Waals surface area (Å²) in [5.41, 5.74) is 7.49. The van der Waals surface area contributed by atoms with Gasteiger partial charge in [-0.1, -0.05) is 37.3 Å². The van der Waals surface area contributed by atoms with Crippen LogP contribution in [-0.4, -0.2) is 25.3 Å². The number of benzene rings is 3. The molecule has 0 aromatic heterocycles. The van der Waals surface area contributed by atoms with Gasteiger partial charge in [0.25, 0.3) is 0 Å². The maximum absolute atomic E-state index is 11.1. The van der Waals surface area contributed by atoms with Crippen LogP contribution in [0.2, 0.25) is 0 Å². The van der Waals surface area contributed by atoms with Gasteiger partial charge in [-0.05, 0) is 95.0 Å². The topological polar surface area (TPSA) is 55.8 Å². The second-order valence-electron chi connectivity index (χ2n) is 9.58. The first kappa shape index (κ1) is 21.6. The standard InChI is InChI=1S/C29H30O4/c1-29-25(15-19-13-23(32-2)17-24(14-19)33-3)26(29)16-22-6-4-5-20(27(22)29)10-7-18-8-11-21(12-9-18)28(30)31/h4-6,8-9,11-14,17,25-26H,7,10,15-16H2,1-3H3,(H,30,31)/t25?,26-,29+/m1/s1. The van der Waals surface area contributed by atoms with E-state index < -0.39 is 5.97 Å². The SMILES string of the molecule is COc1cc(CC2[C@H]3Cc4cccc(CCc5ccc(C(=O)O)cc5)c4[C@@]23C)cc(OC)c1. The second kappa shape index (κ2) is 8.26. The maximum atomic E-state index is 11.1. The summed E-state index contributed by atoms with van der Waals surface area (Å²) >= 11 is 0. The van der Waals surface area contributed by atoms with E-state index in [1.54, 1.807) is 31.9 Å². The van der Waals surface area contributed by atoms with Gasteiger partial charge in [-0.3, -0.25) is 0 Å². The zero-order valence-electron chi connectivity index (χ0n) is 19.4. The minimum atomic E-state index is -0.880. The number of aromatic carboxylic acids is 1. The van der Waals surface area contributed by atoms with Gasteiger partial charge in [-0.25, -0.2) is 4.79 Å². The molecule has 170 valence electrons. The number of aryl methyl sites for hydroxylation is 2. The average molecular weight is 443 g/mol. The fraction of sp³-hybridized carbons (Fsp3) is 0.345. The Morgan fingerprint density at radius 1 is 0.970 bits per heavy atom. The molecule has 1 saturated carbocycles. The highest BCUT2D eigenvalue weighted by Crippen LogP contribution is 2.68. The molecule has 2 aliphatic carbocycles. The molecule has 2 aliphatic rings. The Bertz CT molecular complexity index is 1170. The molecule has 3 atom stereocenters. The summed E-state index contributed by atoms with van der Waals surface area (Å²) in [4.78, 5) is 11.1. The van der Waals surface area contributed by atoms with E-state index in [1.807, 2.05) is 18.2 Å². The van der Waals surface area contributed by atoms with Gasteiger partial charge in [0.1, 0.15) is 11.5 Å². The lowest BCUT2D eigenvalue weighted by Crippen LogP contribution is -2.11. The molecule has 1 N–H and O–H groups in total. The fourth-order valence-corrected chi connectivity index (χ4v) is 6.07. The smallest absolute Gasteiger partial charge is 0.335 e. The Balaban J connectivity index is 1.35. The van der Waals surface area contributed by atoms with Crippen molar-refractivity contribution in [3.8, 4) is 11.5 Å². The predicted molar refractivity (Wildman–Crippen MR) is 129 cm³/mol. The van der Waals surface area contributed by atoms with Crippen molar-refractivity contribution in [2.45, 2.75) is 38.0 Å². The van der Waals surface area contributed by atoms with Gasteiger partial charge in [0.2, 0.25) is 0 Å². The van der Waals surface area contributed by atoms with Crippen LogP contribution in [0.3, 0.4) is 0 Å². The summed E-state index contributed by atoms with van der Waals surface area (Å²) in [5, 5.41) is 9.13. The van der Waals surface area contributed by atoms with Crippen molar-refractivity contribution in [3.63, 3.8) is 0 Å². The summed E-state index contributed by atoms with van der Waals surface area (Å²) in [7, 11) is 3.40. The molecule has 0 aliphatic heterocycles. The number of carboxylic acids is 1. The highest BCUT2D eigenvalue weighted by molar-refractivity contribution is 5.87. The number of carboxylic acid groups (broad SMARTS) is 1. The number of methoxy groups -OCH3 is 2. The van der Waals surface area contributed by atoms with Gasteiger partial charge >= 0.3 is 5.97 Å². The maximum Gasteiger partial charge on any atom is 0.335 e. The lowest BCUT2D eigenvalue weighted by molar-refractivity contribution is 0.0697. The Hall–Kier alpha value is -3.27. The first-order valence-corrected chi connectivity index (χ1v) is 11.6. The summed E-state index contributed by atoms with van der Waals surface area (Å²) in [5.74, 6) is 2.11. The summed E-state index contributed by atoms with van der Waals surface area (Å²) < 4.78 is 11.0. The molecule has 4 heteroatoms. The van der Waals surface area contributed by atoms with Crippen LogP contribution in [0.15, 0.2) is 60.7 Å². The van der Waals surface area contributed by atoms with E-state index in [-0.39, 0.29) is 5.41 Å². The first-order valence-electron chi connectivity index (χ1n) is 11.6. The number of carbonyl (C=O) groups is 1. The molecule has 1 unspecified atom stereocenters. The average Bonchev–Trinajstić information content (AvgIpc) is 3.23. The van der Waals surface area contributed by atoms with Gasteiger partial charge in [0, 0.05) is 6.07 Å². The Morgan fingerprint density at radius 3 is 2.30 bits per heavy atom. The molecule has 0 amide bonds. The van der Waals surface area contributed by atoms with E-state index in [0.29, 0.717) is 17.4 Å². The zero-order valence-corrected chi connectivity index (χ0v) is 19.4. The van der Waals surface area contributed by atoms with Crippen molar-refractivity contribution in [2.75, 3.05) is 14.2 Å². The van der Waals surface area contributed by atoms with E-state index in [4.69, 9.17) is 14.6 Å². The van der Waals surface area contributed by atoms with Gasteiger partial charge < -0.3 is 14.6 Å². The van der Waals surface area contributed by atoms with Crippen molar-refractivity contribution >= 4 is 5.97 Å². The quantitative estimate of drug-likeness (QED) is 0.501. The molecule has 3 aromatic rings. The third-order valence-electron chi connectivity index (χ3n) is 7.88. The van der Waals surface area contributed by atoms with E-state index in [2.05, 4.69) is 37.3 Å². The van der Waals surface area contributed by atoms with E-state index in [1.165, 1.54) is 22.3 Å². The van der Waals surface area contributed by atoms with E-state index in [9.17, 15) is 4.79 Å². The molecular weight excluding hydrogens is 412 g/mol. The fourth-order valence-electron chi connectivity index (χ4n) is 6.07. The zero-order chi connectivity index (χ0) is 23.2. The van der Waals surface area contributed by atoms with Crippen molar-refractivity contribution in [3.05, 3.63) is 94.0 Å². The van der Waals surface area contributed by atoms with E-state index in [0.717, 1.165) is 37.2 Å². The monoisotopic (exact) mass is 442 g/mol. The van der Waals surface area contributed by atoms with E-state index >= 15 is 0 Å². The van der Waals surface area contributed by atoms with Crippen LogP contribution in [0, 0.1) is 11.8 Å². The summed E-state index contributed by atoms with van der Waals surface area (Å²) in [6.07, 6.45) is 4.06. The Morgan fingerprint density at radius 2 is 1.67 bits per heavy atom. The third-order valence-corrected chi connectivity index (χ3v) is 7.88. The van der Waals surface area contributed by atoms with Crippen LogP contribution in [0.4, 0.5) is 0 Å². The summed E-state index contributed by atoms with van der Waals surface area (Å²) in [6, 6.07) is 20.2. The van der Waals surface area contributed by atoms with Crippen molar-refractivity contribution < 1.29 is 19.4 Å².